The average molecular weight is 441 g/mol. The summed E-state index contributed by atoms with van der Waals surface area (Å²) in [5, 5.41) is 12.9. The number of carbonyl (C=O) groups excluding carboxylic acids is 1. The summed E-state index contributed by atoms with van der Waals surface area (Å²) < 4.78 is 0. The van der Waals surface area contributed by atoms with Gasteiger partial charge in [0.25, 0.3) is 0 Å². The molecular formula is C27H56N2O2. The van der Waals surface area contributed by atoms with Crippen molar-refractivity contribution in [3.8, 4) is 0 Å². The van der Waals surface area contributed by atoms with E-state index >= 15 is 0 Å². The number of aliphatic hydroxyl groups is 1. The lowest BCUT2D eigenvalue weighted by molar-refractivity contribution is -0.128. The zero-order valence-electron chi connectivity index (χ0n) is 21.2. The van der Waals surface area contributed by atoms with Gasteiger partial charge >= 0.3 is 0 Å². The van der Waals surface area contributed by atoms with Gasteiger partial charge in [-0.15, -0.1) is 0 Å². The number of amides is 1. The summed E-state index contributed by atoms with van der Waals surface area (Å²) in [6.07, 6.45) is 27.5. The van der Waals surface area contributed by atoms with Gasteiger partial charge in [0.15, 0.2) is 0 Å². The van der Waals surface area contributed by atoms with E-state index in [1.807, 2.05) is 6.92 Å². The highest BCUT2D eigenvalue weighted by molar-refractivity contribution is 5.76. The van der Waals surface area contributed by atoms with Crippen LogP contribution in [0.15, 0.2) is 0 Å². The van der Waals surface area contributed by atoms with Crippen LogP contribution in [-0.4, -0.2) is 23.3 Å². The fourth-order valence-electron chi connectivity index (χ4n) is 4.32. The normalized spacial score (nSPS) is 13.3. The molecule has 1 unspecified atom stereocenters. The molecule has 0 saturated carbocycles. The Balaban J connectivity index is 3.27. The predicted octanol–water partition coefficient (Wildman–Crippen LogP) is 7.37. The highest BCUT2D eigenvalue weighted by atomic mass is 16.3. The van der Waals surface area contributed by atoms with Crippen LogP contribution in [0.25, 0.3) is 0 Å². The molecule has 0 bridgehead atoms. The molecular weight excluding hydrogens is 384 g/mol. The van der Waals surface area contributed by atoms with Gasteiger partial charge in [-0.3, -0.25) is 4.79 Å². The van der Waals surface area contributed by atoms with E-state index < -0.39 is 5.72 Å². The topological polar surface area (TPSA) is 75.3 Å². The number of unbranched alkanes of at least 4 members (excludes halogenated alkanes) is 18. The third-order valence-corrected chi connectivity index (χ3v) is 6.38. The fourth-order valence-corrected chi connectivity index (χ4v) is 4.32. The van der Waals surface area contributed by atoms with Crippen LogP contribution in [0, 0.1) is 0 Å². The number of carbonyl (C=O) groups is 1. The van der Waals surface area contributed by atoms with Crippen LogP contribution < -0.4 is 11.1 Å². The molecule has 0 spiro atoms. The standard InChI is InChI=1S/C27H56N2O2/c1-3-5-6-7-8-9-10-11-12-13-14-15-16-17-18-19-20-21-22-23-26(30)29-27(31,25-28)24-4-2/h31H,3-25,28H2,1-2H3,(H,29,30). The molecule has 4 heteroatoms. The Morgan fingerprint density at radius 1 is 0.645 bits per heavy atom. The van der Waals surface area contributed by atoms with Gasteiger partial charge in [0.2, 0.25) is 5.91 Å². The predicted molar refractivity (Wildman–Crippen MR) is 135 cm³/mol. The Bertz CT molecular complexity index is 389. The van der Waals surface area contributed by atoms with E-state index in [4.69, 9.17) is 5.73 Å². The van der Waals surface area contributed by atoms with Crippen LogP contribution in [0.5, 0.6) is 0 Å². The third-order valence-electron chi connectivity index (χ3n) is 6.38. The maximum atomic E-state index is 11.9. The van der Waals surface area contributed by atoms with Crippen LogP contribution in [0.1, 0.15) is 155 Å². The Hall–Kier alpha value is -0.610. The second-order valence-electron chi connectivity index (χ2n) is 9.65. The first-order chi connectivity index (χ1) is 15.1. The second kappa shape index (κ2) is 22.6. The minimum absolute atomic E-state index is 0.0752. The summed E-state index contributed by atoms with van der Waals surface area (Å²) in [7, 11) is 0. The van der Waals surface area contributed by atoms with Crippen LogP contribution in [0.4, 0.5) is 0 Å². The molecule has 186 valence electrons. The van der Waals surface area contributed by atoms with Crippen molar-refractivity contribution in [2.24, 2.45) is 5.73 Å². The van der Waals surface area contributed by atoms with Gasteiger partial charge in [-0.2, -0.15) is 0 Å². The minimum atomic E-state index is -1.22. The van der Waals surface area contributed by atoms with Gasteiger partial charge in [0.05, 0.1) is 0 Å². The molecule has 0 aromatic rings. The third kappa shape index (κ3) is 21.0. The molecule has 4 N–H and O–H groups in total. The smallest absolute Gasteiger partial charge is 0.222 e. The lowest BCUT2D eigenvalue weighted by Crippen LogP contribution is -2.53. The molecule has 0 fully saturated rings. The van der Waals surface area contributed by atoms with Gasteiger partial charge in [-0.1, -0.05) is 136 Å². The lowest BCUT2D eigenvalue weighted by Gasteiger charge is -2.27. The van der Waals surface area contributed by atoms with Gasteiger partial charge in [0.1, 0.15) is 5.72 Å². The highest BCUT2D eigenvalue weighted by Crippen LogP contribution is 2.15. The quantitative estimate of drug-likeness (QED) is 0.108. The summed E-state index contributed by atoms with van der Waals surface area (Å²) in [5.41, 5.74) is 4.36. The summed E-state index contributed by atoms with van der Waals surface area (Å²) in [6.45, 7) is 4.34. The van der Waals surface area contributed by atoms with E-state index in [1.54, 1.807) is 0 Å². The van der Waals surface area contributed by atoms with Crippen molar-refractivity contribution in [3.63, 3.8) is 0 Å². The number of hydrogen-bond donors (Lipinski definition) is 3. The number of nitrogens with one attached hydrogen (secondary N) is 1. The van der Waals surface area contributed by atoms with Crippen molar-refractivity contribution in [2.45, 2.75) is 161 Å². The van der Waals surface area contributed by atoms with E-state index in [2.05, 4.69) is 12.2 Å². The molecule has 0 aliphatic rings. The second-order valence-corrected chi connectivity index (χ2v) is 9.65. The molecule has 0 aromatic carbocycles. The number of nitrogens with two attached hydrogens (primary N) is 1. The first-order valence-corrected chi connectivity index (χ1v) is 13.8. The number of hydrogen-bond acceptors (Lipinski definition) is 3. The van der Waals surface area contributed by atoms with E-state index in [9.17, 15) is 9.90 Å². The maximum absolute atomic E-state index is 11.9. The SMILES string of the molecule is CCCCCCCCCCCCCCCCCCCCCC(=O)NC(O)(CN)CCC. The molecule has 0 aliphatic heterocycles. The van der Waals surface area contributed by atoms with Gasteiger partial charge in [-0.05, 0) is 12.8 Å². The Labute approximate surface area is 194 Å². The average Bonchev–Trinajstić information content (AvgIpc) is 2.75. The zero-order valence-corrected chi connectivity index (χ0v) is 21.2. The van der Waals surface area contributed by atoms with Crippen molar-refractivity contribution in [1.82, 2.24) is 5.32 Å². The minimum Gasteiger partial charge on any atom is -0.370 e. The first-order valence-electron chi connectivity index (χ1n) is 13.8. The molecule has 0 heterocycles. The monoisotopic (exact) mass is 440 g/mol. The molecule has 0 aliphatic carbocycles. The van der Waals surface area contributed by atoms with Crippen LogP contribution in [0.3, 0.4) is 0 Å². The largest absolute Gasteiger partial charge is 0.370 e. The molecule has 0 rings (SSSR count). The van der Waals surface area contributed by atoms with Crippen molar-refractivity contribution >= 4 is 5.91 Å². The fraction of sp³-hybridized carbons (Fsp3) is 0.963. The molecule has 0 saturated heterocycles. The maximum Gasteiger partial charge on any atom is 0.222 e. The van der Waals surface area contributed by atoms with Crippen molar-refractivity contribution in [3.05, 3.63) is 0 Å². The molecule has 31 heavy (non-hydrogen) atoms. The van der Waals surface area contributed by atoms with Crippen molar-refractivity contribution < 1.29 is 9.90 Å². The highest BCUT2D eigenvalue weighted by Gasteiger charge is 2.25. The molecule has 1 amide bonds. The van der Waals surface area contributed by atoms with Gasteiger partial charge in [0, 0.05) is 13.0 Å². The summed E-state index contributed by atoms with van der Waals surface area (Å²) in [6, 6.07) is 0. The summed E-state index contributed by atoms with van der Waals surface area (Å²) in [4.78, 5) is 11.9. The van der Waals surface area contributed by atoms with Gasteiger partial charge in [-0.25, -0.2) is 0 Å². The van der Waals surface area contributed by atoms with Crippen LogP contribution >= 0.6 is 0 Å². The molecule has 1 atom stereocenters. The van der Waals surface area contributed by atoms with E-state index in [0.29, 0.717) is 12.8 Å². The number of rotatable bonds is 24. The lowest BCUT2D eigenvalue weighted by atomic mass is 10.0. The van der Waals surface area contributed by atoms with E-state index in [-0.39, 0.29) is 12.5 Å². The van der Waals surface area contributed by atoms with E-state index in [0.717, 1.165) is 19.3 Å². The summed E-state index contributed by atoms with van der Waals surface area (Å²) in [5.74, 6) is -0.0756. The Kier molecular flexibility index (Phi) is 22.1. The van der Waals surface area contributed by atoms with Crippen LogP contribution in [-0.2, 0) is 4.79 Å². The van der Waals surface area contributed by atoms with Gasteiger partial charge < -0.3 is 16.2 Å². The van der Waals surface area contributed by atoms with Crippen LogP contribution in [0.2, 0.25) is 0 Å². The van der Waals surface area contributed by atoms with E-state index in [1.165, 1.54) is 109 Å². The Morgan fingerprint density at radius 3 is 1.32 bits per heavy atom. The van der Waals surface area contributed by atoms with Crippen molar-refractivity contribution in [2.75, 3.05) is 6.54 Å². The molecule has 0 radical (unpaired) electrons. The zero-order chi connectivity index (χ0) is 23.0. The molecule has 0 aromatic heterocycles. The van der Waals surface area contributed by atoms with Crippen molar-refractivity contribution in [1.29, 1.82) is 0 Å². The first kappa shape index (κ1) is 30.4. The molecule has 4 nitrogen and oxygen atoms in total. The Morgan fingerprint density at radius 2 is 1.00 bits per heavy atom. The summed E-state index contributed by atoms with van der Waals surface area (Å²) >= 11 is 0.